The monoisotopic (exact) mass is 347 g/mol. The Morgan fingerprint density at radius 2 is 1.88 bits per heavy atom. The number of allylic oxidation sites excluding steroid dienone is 1. The molecule has 0 spiro atoms. The van der Waals surface area contributed by atoms with Crippen LogP contribution in [0.1, 0.15) is 47.8 Å². The summed E-state index contributed by atoms with van der Waals surface area (Å²) in [5.41, 5.74) is 2.78. The lowest BCUT2D eigenvalue weighted by Gasteiger charge is -2.31. The maximum Gasteiger partial charge on any atom is 0.225 e. The van der Waals surface area contributed by atoms with E-state index in [2.05, 4.69) is 41.1 Å². The summed E-state index contributed by atoms with van der Waals surface area (Å²) < 4.78 is 0. The van der Waals surface area contributed by atoms with Crippen LogP contribution in [0, 0.1) is 11.8 Å². The highest BCUT2D eigenvalue weighted by molar-refractivity contribution is 5.98. The van der Waals surface area contributed by atoms with Gasteiger partial charge in [-0.2, -0.15) is 0 Å². The Kier molecular flexibility index (Phi) is 4.83. The zero-order valence-corrected chi connectivity index (χ0v) is 15.3. The molecule has 2 aliphatic rings. The van der Waals surface area contributed by atoms with Crippen molar-refractivity contribution in [2.75, 3.05) is 18.0 Å². The number of piperidine rings is 1. The van der Waals surface area contributed by atoms with Crippen LogP contribution >= 0.6 is 0 Å². The molecule has 1 atom stereocenters. The predicted octanol–water partition coefficient (Wildman–Crippen LogP) is 4.17. The van der Waals surface area contributed by atoms with Crippen molar-refractivity contribution in [1.82, 2.24) is 9.97 Å². The SMILES string of the molecule is CC1CCN(c2ncc3c(n2)C[C@H](/C=C/c2ccccc2)CC3=O)CC1. The van der Waals surface area contributed by atoms with Crippen molar-refractivity contribution in [2.45, 2.75) is 32.6 Å². The summed E-state index contributed by atoms with van der Waals surface area (Å²) in [4.78, 5) is 24.0. The maximum atomic E-state index is 12.5. The van der Waals surface area contributed by atoms with Gasteiger partial charge in [-0.1, -0.05) is 49.4 Å². The van der Waals surface area contributed by atoms with Crippen LogP contribution in [0.3, 0.4) is 0 Å². The summed E-state index contributed by atoms with van der Waals surface area (Å²) in [6.07, 6.45) is 9.72. The van der Waals surface area contributed by atoms with Gasteiger partial charge < -0.3 is 4.90 Å². The molecule has 26 heavy (non-hydrogen) atoms. The van der Waals surface area contributed by atoms with Gasteiger partial charge in [0, 0.05) is 25.7 Å². The Hall–Kier alpha value is -2.49. The summed E-state index contributed by atoms with van der Waals surface area (Å²) in [5.74, 6) is 1.93. The fourth-order valence-electron chi connectivity index (χ4n) is 3.77. The maximum absolute atomic E-state index is 12.5. The van der Waals surface area contributed by atoms with Crippen LogP contribution in [0.2, 0.25) is 0 Å². The average Bonchev–Trinajstić information content (AvgIpc) is 2.67. The lowest BCUT2D eigenvalue weighted by molar-refractivity contribution is 0.0957. The summed E-state index contributed by atoms with van der Waals surface area (Å²) in [6, 6.07) is 10.2. The number of aromatic nitrogens is 2. The lowest BCUT2D eigenvalue weighted by atomic mass is 9.86. The normalized spacial score (nSPS) is 21.2. The number of fused-ring (bicyclic) bond motifs is 1. The van der Waals surface area contributed by atoms with Gasteiger partial charge >= 0.3 is 0 Å². The van der Waals surface area contributed by atoms with Crippen LogP contribution < -0.4 is 4.90 Å². The predicted molar refractivity (Wildman–Crippen MR) is 104 cm³/mol. The lowest BCUT2D eigenvalue weighted by Crippen LogP contribution is -2.34. The van der Waals surface area contributed by atoms with Crippen LogP contribution in [0.25, 0.3) is 6.08 Å². The molecule has 1 fully saturated rings. The van der Waals surface area contributed by atoms with Gasteiger partial charge in [0.15, 0.2) is 5.78 Å². The smallest absolute Gasteiger partial charge is 0.225 e. The Morgan fingerprint density at radius 3 is 2.65 bits per heavy atom. The fraction of sp³-hybridized carbons (Fsp3) is 0.409. The number of carbonyl (C=O) groups excluding carboxylic acids is 1. The van der Waals surface area contributed by atoms with E-state index >= 15 is 0 Å². The molecule has 4 rings (SSSR count). The standard InChI is InChI=1S/C22H25N3O/c1-16-9-11-25(12-10-16)22-23-15-19-20(24-22)13-18(14-21(19)26)8-7-17-5-3-2-4-6-17/h2-8,15-16,18H,9-14H2,1H3/b8-7+/t18-/m0/s1. The molecule has 0 unspecified atom stereocenters. The third-order valence-corrected chi connectivity index (χ3v) is 5.49. The van der Waals surface area contributed by atoms with Gasteiger partial charge in [0.1, 0.15) is 0 Å². The van der Waals surface area contributed by atoms with Crippen molar-refractivity contribution in [2.24, 2.45) is 11.8 Å². The molecule has 4 nitrogen and oxygen atoms in total. The molecular formula is C22H25N3O. The number of rotatable bonds is 3. The van der Waals surface area contributed by atoms with E-state index in [-0.39, 0.29) is 11.7 Å². The Labute approximate surface area is 155 Å². The molecular weight excluding hydrogens is 322 g/mol. The van der Waals surface area contributed by atoms with E-state index in [1.807, 2.05) is 18.2 Å². The van der Waals surface area contributed by atoms with Crippen molar-refractivity contribution in [1.29, 1.82) is 0 Å². The summed E-state index contributed by atoms with van der Waals surface area (Å²) in [6.45, 7) is 4.31. The molecule has 1 aliphatic carbocycles. The number of hydrogen-bond donors (Lipinski definition) is 0. The molecule has 4 heteroatoms. The first-order valence-corrected chi connectivity index (χ1v) is 9.56. The second kappa shape index (κ2) is 7.40. The van der Waals surface area contributed by atoms with Crippen LogP contribution in [-0.2, 0) is 6.42 Å². The average molecular weight is 347 g/mol. The van der Waals surface area contributed by atoms with Gasteiger partial charge in [-0.15, -0.1) is 0 Å². The van der Waals surface area contributed by atoms with Crippen molar-refractivity contribution >= 4 is 17.8 Å². The van der Waals surface area contributed by atoms with E-state index in [9.17, 15) is 4.79 Å². The molecule has 134 valence electrons. The van der Waals surface area contributed by atoms with Gasteiger partial charge in [-0.25, -0.2) is 9.97 Å². The van der Waals surface area contributed by atoms with Gasteiger partial charge in [0.25, 0.3) is 0 Å². The van der Waals surface area contributed by atoms with Crippen molar-refractivity contribution in [3.05, 3.63) is 59.4 Å². The third kappa shape index (κ3) is 3.69. The second-order valence-corrected chi connectivity index (χ2v) is 7.56. The number of nitrogens with zero attached hydrogens (tertiary/aromatic N) is 3. The van der Waals surface area contributed by atoms with E-state index < -0.39 is 0 Å². The molecule has 1 aliphatic heterocycles. The highest BCUT2D eigenvalue weighted by atomic mass is 16.1. The van der Waals surface area contributed by atoms with Gasteiger partial charge in [-0.05, 0) is 36.7 Å². The van der Waals surface area contributed by atoms with Crippen LogP contribution in [0.5, 0.6) is 0 Å². The minimum atomic E-state index is 0.160. The highest BCUT2D eigenvalue weighted by Crippen LogP contribution is 2.28. The molecule has 1 saturated heterocycles. The molecule has 0 N–H and O–H groups in total. The van der Waals surface area contributed by atoms with Crippen molar-refractivity contribution < 1.29 is 4.79 Å². The molecule has 0 bridgehead atoms. The Morgan fingerprint density at radius 1 is 1.12 bits per heavy atom. The number of anilines is 1. The number of ketones is 1. The third-order valence-electron chi connectivity index (χ3n) is 5.49. The molecule has 2 aromatic rings. The minimum absolute atomic E-state index is 0.160. The first-order chi connectivity index (χ1) is 12.7. The number of Topliss-reactive ketones (excluding diaryl/α,β-unsaturated/α-hetero) is 1. The fourth-order valence-corrected chi connectivity index (χ4v) is 3.77. The molecule has 2 heterocycles. The molecule has 1 aromatic heterocycles. The highest BCUT2D eigenvalue weighted by Gasteiger charge is 2.27. The zero-order chi connectivity index (χ0) is 17.9. The first-order valence-electron chi connectivity index (χ1n) is 9.56. The molecule has 0 amide bonds. The quantitative estimate of drug-likeness (QED) is 0.836. The van der Waals surface area contributed by atoms with E-state index in [1.54, 1.807) is 6.20 Å². The van der Waals surface area contributed by atoms with E-state index in [0.717, 1.165) is 42.6 Å². The largest absolute Gasteiger partial charge is 0.341 e. The van der Waals surface area contributed by atoms with E-state index in [1.165, 1.54) is 12.8 Å². The van der Waals surface area contributed by atoms with Crippen LogP contribution in [0.4, 0.5) is 5.95 Å². The first kappa shape index (κ1) is 17.0. The number of benzene rings is 1. The van der Waals surface area contributed by atoms with Crippen molar-refractivity contribution in [3.63, 3.8) is 0 Å². The Balaban J connectivity index is 1.52. The Bertz CT molecular complexity index is 807. The minimum Gasteiger partial charge on any atom is -0.341 e. The van der Waals surface area contributed by atoms with Gasteiger partial charge in [-0.3, -0.25) is 4.79 Å². The van der Waals surface area contributed by atoms with Crippen LogP contribution in [0.15, 0.2) is 42.6 Å². The number of carbonyl (C=O) groups is 1. The van der Waals surface area contributed by atoms with Crippen molar-refractivity contribution in [3.8, 4) is 0 Å². The topological polar surface area (TPSA) is 46.1 Å². The zero-order valence-electron chi connectivity index (χ0n) is 15.3. The van der Waals surface area contributed by atoms with Gasteiger partial charge in [0.2, 0.25) is 5.95 Å². The van der Waals surface area contributed by atoms with E-state index in [4.69, 9.17) is 4.98 Å². The second-order valence-electron chi connectivity index (χ2n) is 7.56. The van der Waals surface area contributed by atoms with E-state index in [0.29, 0.717) is 12.0 Å². The summed E-state index contributed by atoms with van der Waals surface area (Å²) in [5, 5.41) is 0. The summed E-state index contributed by atoms with van der Waals surface area (Å²) >= 11 is 0. The van der Waals surface area contributed by atoms with Gasteiger partial charge in [0.05, 0.1) is 11.3 Å². The summed E-state index contributed by atoms with van der Waals surface area (Å²) in [7, 11) is 0. The molecule has 1 aromatic carbocycles. The molecule has 0 saturated carbocycles. The van der Waals surface area contributed by atoms with Crippen LogP contribution in [-0.4, -0.2) is 28.8 Å². The number of hydrogen-bond acceptors (Lipinski definition) is 4. The molecule has 0 radical (unpaired) electrons.